The molecule has 0 aliphatic carbocycles. The van der Waals surface area contributed by atoms with Crippen LogP contribution in [0.25, 0.3) is 0 Å². The quantitative estimate of drug-likeness (QED) is 0.815. The van der Waals surface area contributed by atoms with E-state index < -0.39 is 5.72 Å². The number of nitrogens with zero attached hydrogens (tertiary/aromatic N) is 1. The van der Waals surface area contributed by atoms with Crippen molar-refractivity contribution in [2.75, 3.05) is 4.90 Å². The highest BCUT2D eigenvalue weighted by atomic mass is 32.1. The highest BCUT2D eigenvalue weighted by Gasteiger charge is 2.48. The highest BCUT2D eigenvalue weighted by molar-refractivity contribution is 7.80. The Balaban J connectivity index is 1.78. The minimum atomic E-state index is -0.471. The van der Waals surface area contributed by atoms with Crippen molar-refractivity contribution in [2.45, 2.75) is 45.4 Å². The first kappa shape index (κ1) is 15.5. The third kappa shape index (κ3) is 2.37. The number of thiocarbonyl (C=S) groups is 1. The molecule has 4 rings (SSSR count). The van der Waals surface area contributed by atoms with Crippen LogP contribution in [0.3, 0.4) is 0 Å². The summed E-state index contributed by atoms with van der Waals surface area (Å²) in [6, 6.07) is 15.1. The Morgan fingerprint density at radius 2 is 2.12 bits per heavy atom. The van der Waals surface area contributed by atoms with Crippen LogP contribution in [-0.2, 0) is 6.42 Å². The second kappa shape index (κ2) is 5.49. The van der Waals surface area contributed by atoms with Gasteiger partial charge in [0.1, 0.15) is 5.75 Å². The molecule has 0 radical (unpaired) electrons. The van der Waals surface area contributed by atoms with E-state index in [0.29, 0.717) is 0 Å². The molecule has 0 aromatic heterocycles. The van der Waals surface area contributed by atoms with Gasteiger partial charge in [0.15, 0.2) is 10.8 Å². The van der Waals surface area contributed by atoms with E-state index in [-0.39, 0.29) is 6.04 Å². The maximum Gasteiger partial charge on any atom is 0.188 e. The lowest BCUT2D eigenvalue weighted by Gasteiger charge is -2.52. The molecular formula is C20H22N2OS. The largest absolute Gasteiger partial charge is 0.467 e. The molecule has 2 aromatic rings. The zero-order valence-electron chi connectivity index (χ0n) is 14.3. The molecule has 2 heterocycles. The van der Waals surface area contributed by atoms with E-state index in [2.05, 4.69) is 73.5 Å². The molecule has 2 aromatic carbocycles. The van der Waals surface area contributed by atoms with Crippen LogP contribution in [0.15, 0.2) is 42.5 Å². The fourth-order valence-electron chi connectivity index (χ4n) is 3.80. The molecule has 1 N–H and O–H groups in total. The number of anilines is 1. The van der Waals surface area contributed by atoms with Gasteiger partial charge in [0.05, 0.1) is 6.04 Å². The van der Waals surface area contributed by atoms with Crippen molar-refractivity contribution < 1.29 is 4.74 Å². The topological polar surface area (TPSA) is 24.5 Å². The van der Waals surface area contributed by atoms with E-state index in [0.717, 1.165) is 29.4 Å². The van der Waals surface area contributed by atoms with E-state index in [4.69, 9.17) is 17.0 Å². The smallest absolute Gasteiger partial charge is 0.188 e. The van der Waals surface area contributed by atoms with E-state index in [1.165, 1.54) is 16.7 Å². The molecule has 2 atom stereocenters. The van der Waals surface area contributed by atoms with Gasteiger partial charge in [0.25, 0.3) is 0 Å². The first-order chi connectivity index (χ1) is 11.5. The summed E-state index contributed by atoms with van der Waals surface area (Å²) in [4.78, 5) is 2.11. The summed E-state index contributed by atoms with van der Waals surface area (Å²) in [6.07, 6.45) is 1.89. The molecule has 2 aliphatic rings. The number of aryl methyl sites for hydroxylation is 2. The number of hydrogen-bond donors (Lipinski definition) is 1. The maximum absolute atomic E-state index is 6.47. The van der Waals surface area contributed by atoms with Gasteiger partial charge < -0.3 is 10.1 Å². The van der Waals surface area contributed by atoms with Crippen molar-refractivity contribution in [3.63, 3.8) is 0 Å². The fourth-order valence-corrected chi connectivity index (χ4v) is 4.24. The molecule has 124 valence electrons. The summed E-state index contributed by atoms with van der Waals surface area (Å²) in [7, 11) is 0. The van der Waals surface area contributed by atoms with Gasteiger partial charge in [-0.05, 0) is 61.8 Å². The normalized spacial score (nSPS) is 24.9. The van der Waals surface area contributed by atoms with Crippen LogP contribution in [0.4, 0.5) is 5.69 Å². The second-order valence-corrected chi connectivity index (χ2v) is 7.27. The molecule has 0 amide bonds. The van der Waals surface area contributed by atoms with Crippen LogP contribution < -0.4 is 15.0 Å². The number of nitrogens with one attached hydrogen (secondary N) is 1. The SMILES string of the molecule is CCc1ccc2c(c1)C1CC(C)(O2)N(c2cccc(C)c2)C(=S)N1. The maximum atomic E-state index is 6.47. The van der Waals surface area contributed by atoms with Gasteiger partial charge in [-0.1, -0.05) is 31.2 Å². The molecule has 24 heavy (non-hydrogen) atoms. The van der Waals surface area contributed by atoms with Crippen molar-refractivity contribution in [2.24, 2.45) is 0 Å². The number of hydrogen-bond acceptors (Lipinski definition) is 2. The number of rotatable bonds is 2. The molecule has 1 fully saturated rings. The number of benzene rings is 2. The van der Waals surface area contributed by atoms with Crippen LogP contribution >= 0.6 is 12.2 Å². The Labute approximate surface area is 148 Å². The summed E-state index contributed by atoms with van der Waals surface area (Å²) >= 11 is 5.70. The summed E-state index contributed by atoms with van der Waals surface area (Å²) < 4.78 is 6.47. The van der Waals surface area contributed by atoms with Crippen LogP contribution in [0.2, 0.25) is 0 Å². The number of fused-ring (bicyclic) bond motifs is 4. The van der Waals surface area contributed by atoms with Gasteiger partial charge in [-0.15, -0.1) is 0 Å². The van der Waals surface area contributed by atoms with Gasteiger partial charge >= 0.3 is 0 Å². The minimum Gasteiger partial charge on any atom is -0.467 e. The predicted octanol–water partition coefficient (Wildman–Crippen LogP) is 4.49. The molecule has 2 aliphatic heterocycles. The Bertz CT molecular complexity index is 819. The minimum absolute atomic E-state index is 0.207. The zero-order valence-corrected chi connectivity index (χ0v) is 15.1. The van der Waals surface area contributed by atoms with Crippen molar-refractivity contribution in [3.05, 3.63) is 59.2 Å². The first-order valence-corrected chi connectivity index (χ1v) is 8.90. The molecular weight excluding hydrogens is 316 g/mol. The third-order valence-electron chi connectivity index (χ3n) is 5.00. The van der Waals surface area contributed by atoms with Gasteiger partial charge in [-0.25, -0.2) is 0 Å². The number of ether oxygens (including phenoxy) is 1. The van der Waals surface area contributed by atoms with Crippen LogP contribution in [0, 0.1) is 6.92 Å². The lowest BCUT2D eigenvalue weighted by atomic mass is 9.89. The lowest BCUT2D eigenvalue weighted by molar-refractivity contribution is 0.0497. The lowest BCUT2D eigenvalue weighted by Crippen LogP contribution is -2.65. The van der Waals surface area contributed by atoms with Gasteiger partial charge in [0, 0.05) is 17.7 Å². The summed E-state index contributed by atoms with van der Waals surface area (Å²) in [5.41, 5.74) is 4.36. The monoisotopic (exact) mass is 338 g/mol. The molecule has 2 unspecified atom stereocenters. The Kier molecular flexibility index (Phi) is 3.53. The summed E-state index contributed by atoms with van der Waals surface area (Å²) in [5, 5.41) is 4.25. The van der Waals surface area contributed by atoms with Crippen LogP contribution in [-0.4, -0.2) is 10.8 Å². The van der Waals surface area contributed by atoms with Crippen LogP contribution in [0.1, 0.15) is 43.0 Å². The fraction of sp³-hybridized carbons (Fsp3) is 0.350. The van der Waals surface area contributed by atoms with E-state index in [1.54, 1.807) is 0 Å². The Morgan fingerprint density at radius 3 is 2.88 bits per heavy atom. The second-order valence-electron chi connectivity index (χ2n) is 6.88. The molecule has 4 heteroatoms. The standard InChI is InChI=1S/C20H22N2OS/c1-4-14-8-9-18-16(11-14)17-12-20(3,23-18)22(19(24)21-17)15-7-5-6-13(2)10-15/h5-11,17H,4,12H2,1-3H3,(H,21,24). The summed E-state index contributed by atoms with van der Waals surface area (Å²) in [5.74, 6) is 0.957. The average molecular weight is 338 g/mol. The predicted molar refractivity (Wildman–Crippen MR) is 102 cm³/mol. The van der Waals surface area contributed by atoms with Crippen molar-refractivity contribution >= 4 is 23.0 Å². The van der Waals surface area contributed by atoms with Gasteiger partial charge in [-0.2, -0.15) is 0 Å². The van der Waals surface area contributed by atoms with Crippen molar-refractivity contribution in [3.8, 4) is 5.75 Å². The average Bonchev–Trinajstić information content (AvgIpc) is 2.54. The van der Waals surface area contributed by atoms with Gasteiger partial charge in [0.2, 0.25) is 0 Å². The molecule has 1 saturated heterocycles. The third-order valence-corrected chi connectivity index (χ3v) is 5.30. The zero-order chi connectivity index (χ0) is 16.9. The van der Waals surface area contributed by atoms with E-state index >= 15 is 0 Å². The molecule has 2 bridgehead atoms. The molecule has 0 spiro atoms. The molecule has 0 saturated carbocycles. The van der Waals surface area contributed by atoms with Crippen molar-refractivity contribution in [1.29, 1.82) is 0 Å². The Hall–Kier alpha value is -2.07. The van der Waals surface area contributed by atoms with Crippen LogP contribution in [0.5, 0.6) is 5.75 Å². The Morgan fingerprint density at radius 1 is 1.29 bits per heavy atom. The first-order valence-electron chi connectivity index (χ1n) is 8.49. The highest BCUT2D eigenvalue weighted by Crippen LogP contribution is 2.45. The molecule has 3 nitrogen and oxygen atoms in total. The van der Waals surface area contributed by atoms with E-state index in [1.807, 2.05) is 0 Å². The van der Waals surface area contributed by atoms with Crippen molar-refractivity contribution in [1.82, 2.24) is 5.32 Å². The van der Waals surface area contributed by atoms with E-state index in [9.17, 15) is 0 Å². The summed E-state index contributed by atoms with van der Waals surface area (Å²) in [6.45, 7) is 6.40. The van der Waals surface area contributed by atoms with Gasteiger partial charge in [-0.3, -0.25) is 4.90 Å².